The Bertz CT molecular complexity index is 431. The molecule has 0 heterocycles. The average molecular weight is 364 g/mol. The second-order valence-corrected chi connectivity index (χ2v) is 5.81. The van der Waals surface area contributed by atoms with Crippen LogP contribution in [-0.2, 0) is 0 Å². The van der Waals surface area contributed by atoms with E-state index in [9.17, 15) is 4.79 Å². The molecule has 0 aromatic heterocycles. The first-order chi connectivity index (χ1) is 8.15. The molecule has 1 aliphatic carbocycles. The number of amides is 1. The molecule has 1 amide bonds. The van der Waals surface area contributed by atoms with E-state index >= 15 is 0 Å². The summed E-state index contributed by atoms with van der Waals surface area (Å²) >= 11 is 8.02. The molecule has 0 radical (unpaired) electrons. The average Bonchev–Trinajstić information content (AvgIpc) is 3.13. The van der Waals surface area contributed by atoms with Gasteiger partial charge in [0.15, 0.2) is 0 Å². The Balaban J connectivity index is 2.25. The predicted molar refractivity (Wildman–Crippen MR) is 78.7 cm³/mol. The van der Waals surface area contributed by atoms with Gasteiger partial charge >= 0.3 is 0 Å². The fourth-order valence-corrected chi connectivity index (χ4v) is 2.67. The molecule has 1 aliphatic rings. The minimum atomic E-state index is 0.126. The number of aryl methyl sites for hydroxylation is 1. The molecule has 0 spiro atoms. The molecule has 0 atom stereocenters. The van der Waals surface area contributed by atoms with Gasteiger partial charge in [0.2, 0.25) is 0 Å². The summed E-state index contributed by atoms with van der Waals surface area (Å²) in [5.41, 5.74) is 1.96. The van der Waals surface area contributed by atoms with Crippen molar-refractivity contribution in [3.05, 3.63) is 32.9 Å². The maximum Gasteiger partial charge on any atom is 0.255 e. The van der Waals surface area contributed by atoms with Crippen LogP contribution >= 0.6 is 34.2 Å². The molecule has 0 saturated heterocycles. The van der Waals surface area contributed by atoms with E-state index in [4.69, 9.17) is 11.6 Å². The van der Waals surface area contributed by atoms with Crippen molar-refractivity contribution < 1.29 is 4.79 Å². The second kappa shape index (κ2) is 5.57. The van der Waals surface area contributed by atoms with Crippen LogP contribution in [0, 0.1) is 10.5 Å². The van der Waals surface area contributed by atoms with Crippen molar-refractivity contribution in [2.75, 3.05) is 12.4 Å². The number of benzene rings is 1. The zero-order valence-electron chi connectivity index (χ0n) is 9.75. The Morgan fingerprint density at radius 3 is 2.82 bits per heavy atom. The van der Waals surface area contributed by atoms with Crippen LogP contribution in [0.25, 0.3) is 0 Å². The summed E-state index contributed by atoms with van der Waals surface area (Å²) in [6.45, 7) is 2.68. The molecular formula is C13H15ClINO. The van der Waals surface area contributed by atoms with Crippen molar-refractivity contribution in [3.63, 3.8) is 0 Å². The van der Waals surface area contributed by atoms with E-state index in [1.165, 1.54) is 0 Å². The number of nitrogens with zero attached hydrogens (tertiary/aromatic N) is 1. The van der Waals surface area contributed by atoms with E-state index in [1.807, 2.05) is 30.0 Å². The summed E-state index contributed by atoms with van der Waals surface area (Å²) in [7, 11) is 0. The number of carbonyl (C=O) groups is 1. The molecule has 1 saturated carbocycles. The number of rotatable bonds is 4. The fraction of sp³-hybridized carbons (Fsp3) is 0.462. The number of alkyl halides is 1. The van der Waals surface area contributed by atoms with Crippen molar-refractivity contribution in [1.29, 1.82) is 0 Å². The summed E-state index contributed by atoms with van der Waals surface area (Å²) in [4.78, 5) is 14.4. The second-order valence-electron chi connectivity index (χ2n) is 4.36. The van der Waals surface area contributed by atoms with Gasteiger partial charge in [-0.1, -0.05) is 12.1 Å². The summed E-state index contributed by atoms with van der Waals surface area (Å²) in [5, 5.41) is 0. The number of halogens is 2. The first kappa shape index (κ1) is 13.1. The van der Waals surface area contributed by atoms with Crippen molar-refractivity contribution in [3.8, 4) is 0 Å². The van der Waals surface area contributed by atoms with E-state index in [0.29, 0.717) is 18.5 Å². The zero-order chi connectivity index (χ0) is 12.4. The number of hydrogen-bond acceptors (Lipinski definition) is 1. The van der Waals surface area contributed by atoms with Crippen molar-refractivity contribution >= 4 is 40.1 Å². The third kappa shape index (κ3) is 2.94. The van der Waals surface area contributed by atoms with Gasteiger partial charge in [0, 0.05) is 22.0 Å². The molecule has 1 aromatic rings. The van der Waals surface area contributed by atoms with Crippen LogP contribution in [0.1, 0.15) is 28.8 Å². The molecule has 92 valence electrons. The molecule has 1 fully saturated rings. The first-order valence-corrected chi connectivity index (χ1v) is 7.38. The number of hydrogen-bond donors (Lipinski definition) is 0. The predicted octanol–water partition coefficient (Wildman–Crippen LogP) is 3.44. The van der Waals surface area contributed by atoms with Gasteiger partial charge in [-0.2, -0.15) is 0 Å². The van der Waals surface area contributed by atoms with Gasteiger partial charge in [0.1, 0.15) is 0 Å². The van der Waals surface area contributed by atoms with Gasteiger partial charge in [0.05, 0.1) is 5.56 Å². The van der Waals surface area contributed by atoms with Crippen LogP contribution in [0.2, 0.25) is 0 Å². The molecule has 2 nitrogen and oxygen atoms in total. The smallest absolute Gasteiger partial charge is 0.255 e. The highest BCUT2D eigenvalue weighted by atomic mass is 127. The molecule has 0 unspecified atom stereocenters. The van der Waals surface area contributed by atoms with Gasteiger partial charge in [0.25, 0.3) is 5.91 Å². The first-order valence-electron chi connectivity index (χ1n) is 5.77. The largest absolute Gasteiger partial charge is 0.334 e. The Hall–Kier alpha value is -0.290. The third-order valence-corrected chi connectivity index (χ3v) is 4.60. The maximum absolute atomic E-state index is 12.5. The van der Waals surface area contributed by atoms with E-state index in [-0.39, 0.29) is 5.91 Å². The third-order valence-electron chi connectivity index (χ3n) is 3.00. The van der Waals surface area contributed by atoms with Crippen molar-refractivity contribution in [1.82, 2.24) is 4.90 Å². The lowest BCUT2D eigenvalue weighted by Crippen LogP contribution is -2.35. The lowest BCUT2D eigenvalue weighted by Gasteiger charge is -2.22. The molecule has 0 N–H and O–H groups in total. The molecule has 17 heavy (non-hydrogen) atoms. The van der Waals surface area contributed by atoms with Crippen LogP contribution < -0.4 is 0 Å². The van der Waals surface area contributed by atoms with E-state index in [0.717, 1.165) is 27.5 Å². The molecular weight excluding hydrogens is 349 g/mol. The molecule has 0 aliphatic heterocycles. The number of carbonyl (C=O) groups excluding carboxylic acids is 1. The van der Waals surface area contributed by atoms with Gasteiger partial charge in [-0.15, -0.1) is 11.6 Å². The summed E-state index contributed by atoms with van der Waals surface area (Å²) in [5.74, 6) is 0.631. The normalized spacial score (nSPS) is 14.8. The summed E-state index contributed by atoms with van der Waals surface area (Å²) in [6.07, 6.45) is 2.23. The standard InChI is InChI=1S/C13H15ClINO/c1-9-3-2-4-11(12(9)15)13(17)16(8-7-14)10-5-6-10/h2-4,10H,5-8H2,1H3. The van der Waals surface area contributed by atoms with E-state index in [2.05, 4.69) is 22.6 Å². The van der Waals surface area contributed by atoms with Crippen LogP contribution in [0.5, 0.6) is 0 Å². The van der Waals surface area contributed by atoms with Crippen LogP contribution in [0.3, 0.4) is 0 Å². The van der Waals surface area contributed by atoms with Gasteiger partial charge in [-0.05, 0) is 54.0 Å². The molecule has 1 aromatic carbocycles. The molecule has 0 bridgehead atoms. The highest BCUT2D eigenvalue weighted by Crippen LogP contribution is 2.29. The minimum Gasteiger partial charge on any atom is -0.334 e. The topological polar surface area (TPSA) is 20.3 Å². The summed E-state index contributed by atoms with van der Waals surface area (Å²) < 4.78 is 1.05. The van der Waals surface area contributed by atoms with Gasteiger partial charge < -0.3 is 4.90 Å². The Kier molecular flexibility index (Phi) is 4.31. The van der Waals surface area contributed by atoms with Crippen LogP contribution in [0.15, 0.2) is 18.2 Å². The summed E-state index contributed by atoms with van der Waals surface area (Å²) in [6, 6.07) is 6.29. The van der Waals surface area contributed by atoms with Crippen LogP contribution in [-0.4, -0.2) is 29.3 Å². The van der Waals surface area contributed by atoms with Gasteiger partial charge in [-0.25, -0.2) is 0 Å². The van der Waals surface area contributed by atoms with E-state index in [1.54, 1.807) is 0 Å². The molecule has 2 rings (SSSR count). The monoisotopic (exact) mass is 363 g/mol. The zero-order valence-corrected chi connectivity index (χ0v) is 12.7. The fourth-order valence-electron chi connectivity index (χ4n) is 1.89. The Morgan fingerprint density at radius 2 is 2.24 bits per heavy atom. The maximum atomic E-state index is 12.5. The lowest BCUT2D eigenvalue weighted by molar-refractivity contribution is 0.0752. The SMILES string of the molecule is Cc1cccc(C(=O)N(CCCl)C2CC2)c1I. The highest BCUT2D eigenvalue weighted by Gasteiger charge is 2.33. The quantitative estimate of drug-likeness (QED) is 0.593. The molecule has 4 heteroatoms. The van der Waals surface area contributed by atoms with Crippen molar-refractivity contribution in [2.45, 2.75) is 25.8 Å². The van der Waals surface area contributed by atoms with Crippen molar-refractivity contribution in [2.24, 2.45) is 0 Å². The Morgan fingerprint density at radius 1 is 1.53 bits per heavy atom. The Labute approximate surface area is 120 Å². The highest BCUT2D eigenvalue weighted by molar-refractivity contribution is 14.1. The van der Waals surface area contributed by atoms with E-state index < -0.39 is 0 Å². The van der Waals surface area contributed by atoms with Crippen LogP contribution in [0.4, 0.5) is 0 Å². The lowest BCUT2D eigenvalue weighted by atomic mass is 10.1. The minimum absolute atomic E-state index is 0.126. The van der Waals surface area contributed by atoms with Gasteiger partial charge in [-0.3, -0.25) is 4.79 Å².